The molecule has 1 aromatic carbocycles. The molecule has 0 aromatic heterocycles. The van der Waals surface area contributed by atoms with Gasteiger partial charge < -0.3 is 15.4 Å². The zero-order chi connectivity index (χ0) is 15.0. The molecular weight excluding hydrogens is 276 g/mol. The first-order valence-electron chi connectivity index (χ1n) is 6.91. The number of carbonyl (C=O) groups is 1. The summed E-state index contributed by atoms with van der Waals surface area (Å²) < 4.78 is 5.57. The molecule has 0 aliphatic rings. The molecular formula is C15H23ClN2O2. The monoisotopic (exact) mass is 298 g/mol. The van der Waals surface area contributed by atoms with E-state index in [1.54, 1.807) is 24.1 Å². The van der Waals surface area contributed by atoms with Gasteiger partial charge in [0.1, 0.15) is 12.4 Å². The van der Waals surface area contributed by atoms with Gasteiger partial charge in [0.15, 0.2) is 0 Å². The third-order valence-electron chi connectivity index (χ3n) is 3.14. The summed E-state index contributed by atoms with van der Waals surface area (Å²) in [6, 6.07) is 7.22. The molecule has 0 spiro atoms. The van der Waals surface area contributed by atoms with Crippen LogP contribution in [0, 0.1) is 5.92 Å². The van der Waals surface area contributed by atoms with Crippen molar-refractivity contribution in [1.29, 1.82) is 0 Å². The number of nitrogens with zero attached hydrogens (tertiary/aromatic N) is 1. The molecule has 20 heavy (non-hydrogen) atoms. The second-order valence-electron chi connectivity index (χ2n) is 4.79. The van der Waals surface area contributed by atoms with Gasteiger partial charge in [-0.25, -0.2) is 0 Å². The number of amides is 1. The minimum atomic E-state index is -0.0869. The van der Waals surface area contributed by atoms with E-state index in [-0.39, 0.29) is 11.8 Å². The van der Waals surface area contributed by atoms with Crippen molar-refractivity contribution in [3.8, 4) is 5.75 Å². The topological polar surface area (TPSA) is 55.6 Å². The van der Waals surface area contributed by atoms with Crippen molar-refractivity contribution in [2.45, 2.75) is 19.8 Å². The van der Waals surface area contributed by atoms with Crippen LogP contribution in [0.2, 0.25) is 5.02 Å². The Morgan fingerprint density at radius 1 is 1.50 bits per heavy atom. The Bertz CT molecular complexity index is 426. The fourth-order valence-electron chi connectivity index (χ4n) is 1.97. The maximum absolute atomic E-state index is 12.1. The van der Waals surface area contributed by atoms with Crippen LogP contribution < -0.4 is 10.5 Å². The van der Waals surface area contributed by atoms with E-state index >= 15 is 0 Å². The van der Waals surface area contributed by atoms with Crippen molar-refractivity contribution >= 4 is 17.5 Å². The van der Waals surface area contributed by atoms with E-state index in [1.165, 1.54) is 0 Å². The first-order chi connectivity index (χ1) is 9.58. The molecule has 1 aromatic rings. The summed E-state index contributed by atoms with van der Waals surface area (Å²) in [7, 11) is 1.78. The molecule has 0 radical (unpaired) electrons. The summed E-state index contributed by atoms with van der Waals surface area (Å²) in [5.41, 5.74) is 5.64. The van der Waals surface area contributed by atoms with Gasteiger partial charge in [0.2, 0.25) is 5.91 Å². The minimum absolute atomic E-state index is 0.0869. The molecule has 5 heteroatoms. The summed E-state index contributed by atoms with van der Waals surface area (Å²) in [5.74, 6) is 0.711. The van der Waals surface area contributed by atoms with Crippen molar-refractivity contribution < 1.29 is 9.53 Å². The summed E-state index contributed by atoms with van der Waals surface area (Å²) in [4.78, 5) is 13.8. The molecule has 1 atom stereocenters. The lowest BCUT2D eigenvalue weighted by atomic mass is 10.0. The van der Waals surface area contributed by atoms with E-state index < -0.39 is 0 Å². The molecule has 0 aliphatic carbocycles. The molecule has 112 valence electrons. The lowest BCUT2D eigenvalue weighted by Gasteiger charge is -2.22. The number of nitrogens with two attached hydrogens (primary N) is 1. The zero-order valence-electron chi connectivity index (χ0n) is 12.1. The Hall–Kier alpha value is -1.26. The molecule has 0 heterocycles. The van der Waals surface area contributed by atoms with Crippen molar-refractivity contribution in [2.24, 2.45) is 11.7 Å². The van der Waals surface area contributed by atoms with Crippen molar-refractivity contribution in [3.05, 3.63) is 29.3 Å². The Morgan fingerprint density at radius 3 is 2.85 bits per heavy atom. The highest BCUT2D eigenvalue weighted by molar-refractivity contribution is 6.30. The molecule has 1 unspecified atom stereocenters. The van der Waals surface area contributed by atoms with Gasteiger partial charge >= 0.3 is 0 Å². The van der Waals surface area contributed by atoms with E-state index in [2.05, 4.69) is 6.92 Å². The van der Waals surface area contributed by atoms with Gasteiger partial charge in [-0.15, -0.1) is 0 Å². The zero-order valence-corrected chi connectivity index (χ0v) is 12.9. The Labute approximate surface area is 125 Å². The molecule has 2 N–H and O–H groups in total. The minimum Gasteiger partial charge on any atom is -0.492 e. The van der Waals surface area contributed by atoms with E-state index in [0.29, 0.717) is 30.5 Å². The van der Waals surface area contributed by atoms with Crippen LogP contribution in [-0.2, 0) is 4.79 Å². The number of carbonyl (C=O) groups excluding carboxylic acids is 1. The Kier molecular flexibility index (Phi) is 7.41. The standard InChI is InChI=1S/C15H23ClN2O2/c1-3-5-12(11-17)15(19)18(2)8-9-20-14-7-4-6-13(16)10-14/h4,6-7,10,12H,3,5,8-9,11,17H2,1-2H3. The smallest absolute Gasteiger partial charge is 0.226 e. The average molecular weight is 299 g/mol. The predicted molar refractivity (Wildman–Crippen MR) is 82.0 cm³/mol. The second-order valence-corrected chi connectivity index (χ2v) is 5.22. The van der Waals surface area contributed by atoms with Gasteiger partial charge in [0.05, 0.1) is 12.5 Å². The summed E-state index contributed by atoms with van der Waals surface area (Å²) in [5, 5.41) is 0.637. The van der Waals surface area contributed by atoms with E-state index in [1.807, 2.05) is 12.1 Å². The van der Waals surface area contributed by atoms with Crippen LogP contribution in [0.3, 0.4) is 0 Å². The quantitative estimate of drug-likeness (QED) is 0.802. The van der Waals surface area contributed by atoms with Gasteiger partial charge in [0.25, 0.3) is 0 Å². The third-order valence-corrected chi connectivity index (χ3v) is 3.37. The number of benzene rings is 1. The largest absolute Gasteiger partial charge is 0.492 e. The van der Waals surface area contributed by atoms with Gasteiger partial charge in [-0.2, -0.15) is 0 Å². The highest BCUT2D eigenvalue weighted by atomic mass is 35.5. The van der Waals surface area contributed by atoms with Crippen LogP contribution in [-0.4, -0.2) is 37.6 Å². The fraction of sp³-hybridized carbons (Fsp3) is 0.533. The summed E-state index contributed by atoms with van der Waals surface area (Å²) in [6.07, 6.45) is 1.79. The maximum Gasteiger partial charge on any atom is 0.226 e. The second kappa shape index (κ2) is 8.82. The highest BCUT2D eigenvalue weighted by Gasteiger charge is 2.19. The van der Waals surface area contributed by atoms with Gasteiger partial charge in [-0.05, 0) is 24.6 Å². The number of likely N-dealkylation sites (N-methyl/N-ethyl adjacent to an activating group) is 1. The molecule has 0 saturated heterocycles. The summed E-state index contributed by atoms with van der Waals surface area (Å²) >= 11 is 5.87. The van der Waals surface area contributed by atoms with Crippen molar-refractivity contribution in [3.63, 3.8) is 0 Å². The van der Waals surface area contributed by atoms with Gasteiger partial charge in [-0.1, -0.05) is 31.0 Å². The average Bonchev–Trinajstić information content (AvgIpc) is 2.44. The van der Waals surface area contributed by atoms with E-state index in [4.69, 9.17) is 22.1 Å². The van der Waals surface area contributed by atoms with E-state index in [9.17, 15) is 4.79 Å². The normalized spacial score (nSPS) is 12.0. The Morgan fingerprint density at radius 2 is 2.25 bits per heavy atom. The highest BCUT2D eigenvalue weighted by Crippen LogP contribution is 2.17. The van der Waals surface area contributed by atoms with Crippen LogP contribution >= 0.6 is 11.6 Å². The van der Waals surface area contributed by atoms with Gasteiger partial charge in [0, 0.05) is 18.6 Å². The maximum atomic E-state index is 12.1. The van der Waals surface area contributed by atoms with Crippen molar-refractivity contribution in [1.82, 2.24) is 4.90 Å². The molecule has 4 nitrogen and oxygen atoms in total. The molecule has 1 rings (SSSR count). The number of rotatable bonds is 8. The predicted octanol–water partition coefficient (Wildman–Crippen LogP) is 2.55. The lowest BCUT2D eigenvalue weighted by Crippen LogP contribution is -2.38. The third kappa shape index (κ3) is 5.39. The Balaban J connectivity index is 2.39. The molecule has 0 saturated carbocycles. The van der Waals surface area contributed by atoms with Gasteiger partial charge in [-0.3, -0.25) is 4.79 Å². The van der Waals surface area contributed by atoms with Crippen LogP contribution in [0.1, 0.15) is 19.8 Å². The summed E-state index contributed by atoms with van der Waals surface area (Å²) in [6.45, 7) is 3.42. The van der Waals surface area contributed by atoms with E-state index in [0.717, 1.165) is 12.8 Å². The number of ether oxygens (including phenoxy) is 1. The molecule has 0 aliphatic heterocycles. The lowest BCUT2D eigenvalue weighted by molar-refractivity contribution is -0.134. The first kappa shape index (κ1) is 16.8. The molecule has 1 amide bonds. The SMILES string of the molecule is CCCC(CN)C(=O)N(C)CCOc1cccc(Cl)c1. The van der Waals surface area contributed by atoms with Crippen molar-refractivity contribution in [2.75, 3.05) is 26.7 Å². The molecule has 0 fully saturated rings. The van der Waals surface area contributed by atoms with Crippen LogP contribution in [0.25, 0.3) is 0 Å². The van der Waals surface area contributed by atoms with Crippen LogP contribution in [0.15, 0.2) is 24.3 Å². The number of hydrogen-bond donors (Lipinski definition) is 1. The first-order valence-corrected chi connectivity index (χ1v) is 7.29. The fourth-order valence-corrected chi connectivity index (χ4v) is 2.15. The van der Waals surface area contributed by atoms with Crippen LogP contribution in [0.4, 0.5) is 0 Å². The number of hydrogen-bond acceptors (Lipinski definition) is 3. The van der Waals surface area contributed by atoms with Crippen LogP contribution in [0.5, 0.6) is 5.75 Å². The molecule has 0 bridgehead atoms. The number of halogens is 1.